The number of amides is 2. The van der Waals surface area contributed by atoms with Gasteiger partial charge in [0.15, 0.2) is 5.82 Å². The fraction of sp³-hybridized carbons (Fsp3) is 0.476. The predicted octanol–water partition coefficient (Wildman–Crippen LogP) is 4.34. The molecule has 0 atom stereocenters. The van der Waals surface area contributed by atoms with Gasteiger partial charge in [-0.05, 0) is 43.9 Å². The molecule has 1 aromatic carbocycles. The van der Waals surface area contributed by atoms with Crippen LogP contribution < -0.4 is 15.2 Å². The maximum absolute atomic E-state index is 12.9. The van der Waals surface area contributed by atoms with Gasteiger partial charge in [0.25, 0.3) is 0 Å². The lowest BCUT2D eigenvalue weighted by molar-refractivity contribution is 0.191. The van der Waals surface area contributed by atoms with Gasteiger partial charge in [0.1, 0.15) is 5.69 Å². The van der Waals surface area contributed by atoms with Crippen LogP contribution in [0.2, 0.25) is 0 Å². The lowest BCUT2D eigenvalue weighted by atomic mass is 10.1. The predicted molar refractivity (Wildman–Crippen MR) is 112 cm³/mol. The number of carbonyl (C=O) groups is 1. The number of anilines is 4. The van der Waals surface area contributed by atoms with Gasteiger partial charge in [-0.15, -0.1) is 0 Å². The number of fused-ring (bicyclic) bond motifs is 1. The molecule has 28 heavy (non-hydrogen) atoms. The molecule has 1 saturated carbocycles. The Bertz CT molecular complexity index is 864. The molecule has 7 heteroatoms. The van der Waals surface area contributed by atoms with Crippen molar-refractivity contribution in [2.75, 3.05) is 28.8 Å². The highest BCUT2D eigenvalue weighted by molar-refractivity contribution is 5.98. The second kappa shape index (κ2) is 7.66. The number of benzene rings is 1. The van der Waals surface area contributed by atoms with E-state index in [0.717, 1.165) is 36.5 Å². The maximum atomic E-state index is 12.9. The third-order valence-corrected chi connectivity index (χ3v) is 5.66. The molecule has 1 fully saturated rings. The van der Waals surface area contributed by atoms with Crippen LogP contribution in [-0.2, 0) is 6.42 Å². The van der Waals surface area contributed by atoms with E-state index in [-0.39, 0.29) is 6.03 Å². The summed E-state index contributed by atoms with van der Waals surface area (Å²) in [7, 11) is 1.79. The topological polar surface area (TPSA) is 64.6 Å². The number of urea groups is 1. The number of carbonyl (C=O) groups excluding carboxylic acids is 1. The third-order valence-electron chi connectivity index (χ3n) is 5.66. The largest absolute Gasteiger partial charge is 0.343 e. The molecule has 0 radical (unpaired) electrons. The number of rotatable bonds is 5. The van der Waals surface area contributed by atoms with Gasteiger partial charge < -0.3 is 5.32 Å². The Kier molecular flexibility index (Phi) is 5.07. The molecule has 4 rings (SSSR count). The first kappa shape index (κ1) is 18.5. The Morgan fingerprint density at radius 1 is 1.21 bits per heavy atom. The second-order valence-corrected chi connectivity index (χ2v) is 7.42. The van der Waals surface area contributed by atoms with Crippen molar-refractivity contribution in [3.8, 4) is 0 Å². The Morgan fingerprint density at radius 2 is 2.00 bits per heavy atom. The molecule has 2 aromatic rings. The smallest absolute Gasteiger partial charge is 0.324 e. The minimum Gasteiger partial charge on any atom is -0.324 e. The summed E-state index contributed by atoms with van der Waals surface area (Å²) >= 11 is 0. The molecule has 2 heterocycles. The molecule has 0 saturated heterocycles. The van der Waals surface area contributed by atoms with Crippen LogP contribution in [0.1, 0.15) is 45.1 Å². The van der Waals surface area contributed by atoms with Gasteiger partial charge in [-0.1, -0.05) is 31.9 Å². The van der Waals surface area contributed by atoms with Crippen LogP contribution in [0.15, 0.2) is 30.5 Å². The molecule has 2 amide bonds. The fourth-order valence-corrected chi connectivity index (χ4v) is 4.12. The summed E-state index contributed by atoms with van der Waals surface area (Å²) in [6.07, 6.45) is 7.28. The Hall–Kier alpha value is -2.83. The highest BCUT2D eigenvalue weighted by Gasteiger charge is 2.39. The summed E-state index contributed by atoms with van der Waals surface area (Å²) < 4.78 is 0. The molecule has 2 aliphatic rings. The molecule has 0 unspecified atom stereocenters. The number of aromatic nitrogens is 2. The molecule has 0 bridgehead atoms. The van der Waals surface area contributed by atoms with Crippen LogP contribution in [0.25, 0.3) is 0 Å². The minimum atomic E-state index is -0.0261. The van der Waals surface area contributed by atoms with E-state index in [2.05, 4.69) is 34.4 Å². The van der Waals surface area contributed by atoms with Gasteiger partial charge in [-0.3, -0.25) is 9.91 Å². The number of hydrazine groups is 1. The zero-order chi connectivity index (χ0) is 19.7. The SMILES string of the molecule is CCc1cccc(Nc2ncc3c(n2)N(C2CCCC2)N(CC)C(=O)N3C)c1. The number of aryl methyl sites for hydroxylation is 1. The van der Waals surface area contributed by atoms with E-state index < -0.39 is 0 Å². The van der Waals surface area contributed by atoms with Crippen LogP contribution in [-0.4, -0.2) is 40.6 Å². The van der Waals surface area contributed by atoms with E-state index in [1.807, 2.05) is 24.1 Å². The lowest BCUT2D eigenvalue weighted by Gasteiger charge is -2.45. The molecule has 148 valence electrons. The Morgan fingerprint density at radius 3 is 2.71 bits per heavy atom. The van der Waals surface area contributed by atoms with Crippen molar-refractivity contribution in [3.05, 3.63) is 36.0 Å². The summed E-state index contributed by atoms with van der Waals surface area (Å²) in [6.45, 7) is 4.76. The average molecular weight is 380 g/mol. The maximum Gasteiger partial charge on any atom is 0.343 e. The van der Waals surface area contributed by atoms with Gasteiger partial charge in [0.2, 0.25) is 5.95 Å². The minimum absolute atomic E-state index is 0.0261. The summed E-state index contributed by atoms with van der Waals surface area (Å²) in [6, 6.07) is 8.57. The highest BCUT2D eigenvalue weighted by atomic mass is 16.2. The summed E-state index contributed by atoms with van der Waals surface area (Å²) in [5.41, 5.74) is 2.99. The van der Waals surface area contributed by atoms with E-state index in [4.69, 9.17) is 4.98 Å². The number of nitrogens with zero attached hydrogens (tertiary/aromatic N) is 5. The monoisotopic (exact) mass is 380 g/mol. The third kappa shape index (κ3) is 3.25. The molecule has 7 nitrogen and oxygen atoms in total. The van der Waals surface area contributed by atoms with Crippen LogP contribution in [0, 0.1) is 0 Å². The average Bonchev–Trinajstić information content (AvgIpc) is 3.25. The normalized spacial score (nSPS) is 17.2. The van der Waals surface area contributed by atoms with Crippen molar-refractivity contribution < 1.29 is 4.79 Å². The van der Waals surface area contributed by atoms with Crippen LogP contribution in [0.4, 0.5) is 27.9 Å². The van der Waals surface area contributed by atoms with E-state index in [1.165, 1.54) is 18.4 Å². The van der Waals surface area contributed by atoms with Gasteiger partial charge in [-0.25, -0.2) is 14.8 Å². The van der Waals surface area contributed by atoms with Crippen molar-refractivity contribution in [2.24, 2.45) is 0 Å². The zero-order valence-corrected chi connectivity index (χ0v) is 16.9. The Balaban J connectivity index is 1.72. The summed E-state index contributed by atoms with van der Waals surface area (Å²) in [5, 5.41) is 7.25. The molecular weight excluding hydrogens is 352 g/mol. The van der Waals surface area contributed by atoms with E-state index in [9.17, 15) is 4.79 Å². The molecule has 1 aliphatic heterocycles. The molecule has 0 spiro atoms. The van der Waals surface area contributed by atoms with E-state index in [0.29, 0.717) is 18.5 Å². The van der Waals surface area contributed by atoms with E-state index >= 15 is 0 Å². The van der Waals surface area contributed by atoms with Crippen LogP contribution >= 0.6 is 0 Å². The molecular formula is C21H28N6O. The van der Waals surface area contributed by atoms with E-state index in [1.54, 1.807) is 18.1 Å². The summed E-state index contributed by atoms with van der Waals surface area (Å²) in [4.78, 5) is 23.8. The first-order chi connectivity index (χ1) is 13.6. The van der Waals surface area contributed by atoms with Crippen LogP contribution in [0.3, 0.4) is 0 Å². The standard InChI is InChI=1S/C21H28N6O/c1-4-15-9-8-10-16(13-15)23-20-22-14-18-19(24-20)27(17-11-6-7-12-17)26(5-2)21(28)25(18)3/h8-10,13-14,17H,4-7,11-12H2,1-3H3,(H,22,23,24). The lowest BCUT2D eigenvalue weighted by Crippen LogP contribution is -2.59. The molecule has 1 aromatic heterocycles. The quantitative estimate of drug-likeness (QED) is 0.836. The van der Waals surface area contributed by atoms with Crippen molar-refractivity contribution in [1.29, 1.82) is 0 Å². The van der Waals surface area contributed by atoms with Crippen LogP contribution in [0.5, 0.6) is 0 Å². The van der Waals surface area contributed by atoms with Crippen molar-refractivity contribution in [3.63, 3.8) is 0 Å². The van der Waals surface area contributed by atoms with Crippen molar-refractivity contribution >= 4 is 29.2 Å². The first-order valence-electron chi connectivity index (χ1n) is 10.2. The second-order valence-electron chi connectivity index (χ2n) is 7.42. The number of hydrogen-bond acceptors (Lipinski definition) is 5. The van der Waals surface area contributed by atoms with Gasteiger partial charge in [0.05, 0.1) is 12.2 Å². The van der Waals surface area contributed by atoms with Gasteiger partial charge in [-0.2, -0.15) is 4.98 Å². The molecule has 1 N–H and O–H groups in total. The summed E-state index contributed by atoms with van der Waals surface area (Å²) in [5.74, 6) is 1.36. The highest BCUT2D eigenvalue weighted by Crippen LogP contribution is 2.38. The first-order valence-corrected chi connectivity index (χ1v) is 10.2. The number of nitrogens with one attached hydrogen (secondary N) is 1. The Labute approximate surface area is 166 Å². The number of hydrogen-bond donors (Lipinski definition) is 1. The van der Waals surface area contributed by atoms with Crippen molar-refractivity contribution in [1.82, 2.24) is 15.0 Å². The molecule has 1 aliphatic carbocycles. The zero-order valence-electron chi connectivity index (χ0n) is 16.9. The van der Waals surface area contributed by atoms with Gasteiger partial charge in [0, 0.05) is 19.3 Å². The fourth-order valence-electron chi connectivity index (χ4n) is 4.12. The van der Waals surface area contributed by atoms with Crippen molar-refractivity contribution in [2.45, 2.75) is 52.0 Å². The van der Waals surface area contributed by atoms with Gasteiger partial charge >= 0.3 is 6.03 Å².